The van der Waals surface area contributed by atoms with Crippen LogP contribution < -0.4 is 5.73 Å². The highest BCUT2D eigenvalue weighted by atomic mass is 14.5. The number of nitrogens with two attached hydrogens (primary N) is 1. The fourth-order valence-corrected chi connectivity index (χ4v) is 1.01. The lowest BCUT2D eigenvalue weighted by Crippen LogP contribution is -1.80. The van der Waals surface area contributed by atoms with Gasteiger partial charge in [-0.3, -0.25) is 0 Å². The van der Waals surface area contributed by atoms with E-state index >= 15 is 0 Å². The fourth-order valence-electron chi connectivity index (χ4n) is 1.01. The van der Waals surface area contributed by atoms with Gasteiger partial charge in [-0.05, 0) is 32.4 Å². The second-order valence-electron chi connectivity index (χ2n) is 6.11. The Balaban J connectivity index is -0.000000224. The topological polar surface area (TPSA) is 26.0 Å². The van der Waals surface area contributed by atoms with Crippen LogP contribution in [-0.2, 0) is 0 Å². The third-order valence-corrected chi connectivity index (χ3v) is 2.49. The summed E-state index contributed by atoms with van der Waals surface area (Å²) in [7, 11) is 0. The molecule has 130 valence electrons. The highest BCUT2D eigenvalue weighted by molar-refractivity contribution is 5.11. The zero-order valence-electron chi connectivity index (χ0n) is 16.4. The molecule has 0 fully saturated rings. The Morgan fingerprint density at radius 3 is 1.50 bits per heavy atom. The molecule has 0 aliphatic heterocycles. The smallest absolute Gasteiger partial charge is 0.00734 e. The van der Waals surface area contributed by atoms with Crippen LogP contribution >= 0.6 is 0 Å². The van der Waals surface area contributed by atoms with Crippen LogP contribution in [0.1, 0.15) is 79.7 Å². The molecular formula is C21H41N. The minimum atomic E-state index is 0.833. The maximum absolute atomic E-state index is 5.12. The molecule has 0 saturated heterocycles. The monoisotopic (exact) mass is 307 g/mol. The standard InChI is InChI=1S/C7H8.C5H11N.C5H12.C4H10/c1-7-5-3-2-4-6-7;1-3-5(2)4-6;1-3-5-4-2;1-4(2)3/h2-6H,1H3;4H,3,6H2,1-2H3;3-5H2,1-2H3;4H,1-3H3/b;5-4+;;. The zero-order valence-corrected chi connectivity index (χ0v) is 16.4. The number of hydrogen-bond acceptors (Lipinski definition) is 1. The van der Waals surface area contributed by atoms with Crippen molar-refractivity contribution in [3.05, 3.63) is 47.7 Å². The summed E-state index contributed by atoms with van der Waals surface area (Å²) in [5.74, 6) is 0.833. The zero-order chi connectivity index (χ0) is 17.8. The lowest BCUT2D eigenvalue weighted by Gasteiger charge is -1.85. The number of rotatable bonds is 3. The van der Waals surface area contributed by atoms with E-state index in [1.807, 2.05) is 25.1 Å². The van der Waals surface area contributed by atoms with E-state index in [2.05, 4.69) is 60.6 Å². The predicted octanol–water partition coefficient (Wildman–Crippen LogP) is 7.11. The summed E-state index contributed by atoms with van der Waals surface area (Å²) in [6.07, 6.45) is 6.78. The first-order valence-electron chi connectivity index (χ1n) is 8.74. The van der Waals surface area contributed by atoms with Crippen molar-refractivity contribution in [2.45, 2.75) is 81.1 Å². The third-order valence-electron chi connectivity index (χ3n) is 2.49. The van der Waals surface area contributed by atoms with Crippen LogP contribution in [0.4, 0.5) is 0 Å². The molecule has 1 aromatic rings. The summed E-state index contributed by atoms with van der Waals surface area (Å²) in [6, 6.07) is 10.3. The van der Waals surface area contributed by atoms with Crippen molar-refractivity contribution in [3.8, 4) is 0 Å². The molecule has 0 unspecified atom stereocenters. The molecule has 0 bridgehead atoms. The number of allylic oxidation sites excluding steroid dienone is 1. The molecular weight excluding hydrogens is 266 g/mol. The van der Waals surface area contributed by atoms with E-state index in [1.54, 1.807) is 6.20 Å². The average molecular weight is 308 g/mol. The van der Waals surface area contributed by atoms with Gasteiger partial charge in [-0.1, -0.05) is 102 Å². The number of unbranched alkanes of at least 4 members (excludes halogenated alkanes) is 2. The van der Waals surface area contributed by atoms with E-state index in [0.29, 0.717) is 0 Å². The van der Waals surface area contributed by atoms with Crippen molar-refractivity contribution < 1.29 is 0 Å². The van der Waals surface area contributed by atoms with E-state index in [1.165, 1.54) is 30.4 Å². The molecule has 2 N–H and O–H groups in total. The fraction of sp³-hybridized carbons (Fsp3) is 0.619. The summed E-state index contributed by atoms with van der Waals surface area (Å²) in [4.78, 5) is 0. The van der Waals surface area contributed by atoms with Gasteiger partial charge >= 0.3 is 0 Å². The lowest BCUT2D eigenvalue weighted by atomic mass is 10.2. The molecule has 0 amide bonds. The maximum Gasteiger partial charge on any atom is -0.00734 e. The normalized spacial score (nSPS) is 9.59. The molecule has 0 aliphatic rings. The lowest BCUT2D eigenvalue weighted by molar-refractivity contribution is 0.737. The van der Waals surface area contributed by atoms with Gasteiger partial charge in [-0.2, -0.15) is 0 Å². The van der Waals surface area contributed by atoms with E-state index in [0.717, 1.165) is 12.3 Å². The Labute approximate surface area is 141 Å². The van der Waals surface area contributed by atoms with Crippen LogP contribution in [-0.4, -0.2) is 0 Å². The van der Waals surface area contributed by atoms with Crippen molar-refractivity contribution in [2.75, 3.05) is 0 Å². The molecule has 0 aliphatic carbocycles. The van der Waals surface area contributed by atoms with Crippen LogP contribution in [0.15, 0.2) is 42.1 Å². The molecule has 0 aromatic heterocycles. The summed E-state index contributed by atoms with van der Waals surface area (Å²) in [5, 5.41) is 0. The Kier molecular flexibility index (Phi) is 25.8. The van der Waals surface area contributed by atoms with E-state index in [9.17, 15) is 0 Å². The van der Waals surface area contributed by atoms with Crippen molar-refractivity contribution in [1.82, 2.24) is 0 Å². The minimum absolute atomic E-state index is 0.833. The Bertz CT molecular complexity index is 307. The van der Waals surface area contributed by atoms with Crippen molar-refractivity contribution in [3.63, 3.8) is 0 Å². The van der Waals surface area contributed by atoms with E-state index in [-0.39, 0.29) is 0 Å². The Morgan fingerprint density at radius 2 is 1.41 bits per heavy atom. The van der Waals surface area contributed by atoms with Crippen LogP contribution in [0.5, 0.6) is 0 Å². The predicted molar refractivity (Wildman–Crippen MR) is 105 cm³/mol. The molecule has 1 heteroatoms. The molecule has 22 heavy (non-hydrogen) atoms. The van der Waals surface area contributed by atoms with Gasteiger partial charge in [0.05, 0.1) is 0 Å². The maximum atomic E-state index is 5.12. The van der Waals surface area contributed by atoms with Crippen LogP contribution in [0.2, 0.25) is 0 Å². The number of hydrogen-bond donors (Lipinski definition) is 1. The van der Waals surface area contributed by atoms with Gasteiger partial charge in [0.15, 0.2) is 0 Å². The number of aryl methyl sites for hydroxylation is 1. The van der Waals surface area contributed by atoms with Crippen LogP contribution in [0, 0.1) is 12.8 Å². The first kappa shape index (κ1) is 25.7. The van der Waals surface area contributed by atoms with Gasteiger partial charge in [0.25, 0.3) is 0 Å². The van der Waals surface area contributed by atoms with Gasteiger partial charge in [0.2, 0.25) is 0 Å². The van der Waals surface area contributed by atoms with E-state index in [4.69, 9.17) is 5.73 Å². The van der Waals surface area contributed by atoms with Crippen molar-refractivity contribution >= 4 is 0 Å². The largest absolute Gasteiger partial charge is 0.405 e. The molecule has 1 nitrogen and oxygen atoms in total. The summed E-state index contributed by atoms with van der Waals surface area (Å²) >= 11 is 0. The highest BCUT2D eigenvalue weighted by Crippen LogP contribution is 1.92. The minimum Gasteiger partial charge on any atom is -0.405 e. The second kappa shape index (κ2) is 22.0. The van der Waals surface area contributed by atoms with Gasteiger partial charge in [-0.15, -0.1) is 0 Å². The number of benzene rings is 1. The van der Waals surface area contributed by atoms with Gasteiger partial charge < -0.3 is 5.73 Å². The van der Waals surface area contributed by atoms with Gasteiger partial charge in [0, 0.05) is 0 Å². The van der Waals surface area contributed by atoms with Crippen molar-refractivity contribution in [1.29, 1.82) is 0 Å². The molecule has 0 radical (unpaired) electrons. The highest BCUT2D eigenvalue weighted by Gasteiger charge is 1.74. The summed E-state index contributed by atoms with van der Waals surface area (Å²) in [6.45, 7) is 17.1. The molecule has 0 saturated carbocycles. The quantitative estimate of drug-likeness (QED) is 0.632. The SMILES string of the molecule is CC(C)C.CC/C(C)=C/N.CCCCC.Cc1ccccc1. The molecule has 1 rings (SSSR count). The first-order valence-corrected chi connectivity index (χ1v) is 8.74. The van der Waals surface area contributed by atoms with Gasteiger partial charge in [-0.25, -0.2) is 0 Å². The van der Waals surface area contributed by atoms with Crippen LogP contribution in [0.3, 0.4) is 0 Å². The molecule has 1 aromatic carbocycles. The molecule has 0 spiro atoms. The van der Waals surface area contributed by atoms with Crippen LogP contribution in [0.25, 0.3) is 0 Å². The molecule has 0 atom stereocenters. The Morgan fingerprint density at radius 1 is 1.00 bits per heavy atom. The van der Waals surface area contributed by atoms with E-state index < -0.39 is 0 Å². The third kappa shape index (κ3) is 36.3. The van der Waals surface area contributed by atoms with Gasteiger partial charge in [0.1, 0.15) is 0 Å². The summed E-state index contributed by atoms with van der Waals surface area (Å²) < 4.78 is 0. The van der Waals surface area contributed by atoms with Crippen molar-refractivity contribution in [2.24, 2.45) is 11.7 Å². The summed E-state index contributed by atoms with van der Waals surface area (Å²) in [5.41, 5.74) is 7.69. The first-order chi connectivity index (χ1) is 10.3. The average Bonchev–Trinajstić information content (AvgIpc) is 2.49. The Hall–Kier alpha value is -1.24. The second-order valence-corrected chi connectivity index (χ2v) is 6.11. The molecule has 0 heterocycles.